The summed E-state index contributed by atoms with van der Waals surface area (Å²) < 4.78 is 37.3. The molecule has 0 saturated heterocycles. The highest BCUT2D eigenvalue weighted by Gasteiger charge is 2.32. The normalized spacial score (nSPS) is 24.3. The molecule has 1 aliphatic rings. The first-order valence-electron chi connectivity index (χ1n) is 5.71. The summed E-state index contributed by atoms with van der Waals surface area (Å²) in [6.45, 7) is 1.93. The van der Waals surface area contributed by atoms with Crippen molar-refractivity contribution in [1.82, 2.24) is 0 Å². The Balaban J connectivity index is 2.30. The monoisotopic (exact) mass is 254 g/mol. The van der Waals surface area contributed by atoms with Crippen LogP contribution >= 0.6 is 0 Å². The van der Waals surface area contributed by atoms with Crippen molar-refractivity contribution in [2.45, 2.75) is 31.4 Å². The molecule has 1 aromatic carbocycles. The summed E-state index contributed by atoms with van der Waals surface area (Å²) in [5.74, 6) is 0.0689. The molecule has 0 radical (unpaired) electrons. The Hall–Kier alpha value is -1.58. The Morgan fingerprint density at radius 3 is 2.22 bits per heavy atom. The maximum absolute atomic E-state index is 12.4. The number of ketones is 1. The molecule has 0 heterocycles. The summed E-state index contributed by atoms with van der Waals surface area (Å²) in [6, 6.07) is 5.15. The first-order valence-corrected chi connectivity index (χ1v) is 5.71. The highest BCUT2D eigenvalue weighted by molar-refractivity contribution is 5.91. The van der Waals surface area contributed by atoms with Crippen LogP contribution in [-0.4, -0.2) is 5.78 Å². The molecule has 0 amide bonds. The number of carbonyl (C=O) groups excluding carboxylic acids is 1. The second-order valence-electron chi connectivity index (χ2n) is 4.79. The van der Waals surface area contributed by atoms with E-state index in [-0.39, 0.29) is 11.2 Å². The lowest BCUT2D eigenvalue weighted by molar-refractivity contribution is -0.137. The van der Waals surface area contributed by atoms with Crippen molar-refractivity contribution in [1.29, 1.82) is 0 Å². The number of allylic oxidation sites excluding steroid dienone is 2. The second kappa shape index (κ2) is 4.26. The van der Waals surface area contributed by atoms with Gasteiger partial charge in [0.05, 0.1) is 5.56 Å². The number of benzene rings is 1. The van der Waals surface area contributed by atoms with Crippen LogP contribution in [0.3, 0.4) is 0 Å². The average Bonchev–Trinajstić information content (AvgIpc) is 2.32. The number of carbonyl (C=O) groups is 1. The van der Waals surface area contributed by atoms with E-state index in [4.69, 9.17) is 0 Å². The maximum atomic E-state index is 12.4. The summed E-state index contributed by atoms with van der Waals surface area (Å²) in [7, 11) is 0. The van der Waals surface area contributed by atoms with Crippen molar-refractivity contribution in [3.8, 4) is 0 Å². The van der Waals surface area contributed by atoms with E-state index in [9.17, 15) is 18.0 Å². The van der Waals surface area contributed by atoms with E-state index in [1.165, 1.54) is 18.2 Å². The fourth-order valence-corrected chi connectivity index (χ4v) is 2.11. The smallest absolute Gasteiger partial charge is 0.295 e. The SMILES string of the molecule is C[C@@]1(c2ccc(C(F)(F)F)cc2)C=CC(=O)CC1. The summed E-state index contributed by atoms with van der Waals surface area (Å²) in [5.41, 5.74) is -0.192. The van der Waals surface area contributed by atoms with Crippen LogP contribution in [0, 0.1) is 0 Å². The summed E-state index contributed by atoms with van der Waals surface area (Å²) in [6.07, 6.45) is 0.0577. The Labute approximate surface area is 103 Å². The number of halogens is 3. The fourth-order valence-electron chi connectivity index (χ4n) is 2.11. The third kappa shape index (κ3) is 2.47. The molecular weight excluding hydrogens is 241 g/mol. The lowest BCUT2D eigenvalue weighted by atomic mass is 9.75. The van der Waals surface area contributed by atoms with Gasteiger partial charge in [0.15, 0.2) is 5.78 Å². The van der Waals surface area contributed by atoms with Gasteiger partial charge in [-0.15, -0.1) is 0 Å². The Kier molecular flexibility index (Phi) is 3.05. The van der Waals surface area contributed by atoms with Crippen LogP contribution in [0.1, 0.15) is 30.9 Å². The molecule has 0 aromatic heterocycles. The first-order chi connectivity index (χ1) is 8.31. The van der Waals surface area contributed by atoms with Gasteiger partial charge >= 0.3 is 6.18 Å². The van der Waals surface area contributed by atoms with E-state index >= 15 is 0 Å². The van der Waals surface area contributed by atoms with Gasteiger partial charge in [-0.05, 0) is 30.2 Å². The molecule has 0 saturated carbocycles. The maximum Gasteiger partial charge on any atom is 0.416 e. The van der Waals surface area contributed by atoms with Gasteiger partial charge in [-0.1, -0.05) is 25.1 Å². The summed E-state index contributed by atoms with van der Waals surface area (Å²) in [5, 5.41) is 0. The van der Waals surface area contributed by atoms with Crippen LogP contribution in [0.5, 0.6) is 0 Å². The highest BCUT2D eigenvalue weighted by Crippen LogP contribution is 2.36. The van der Waals surface area contributed by atoms with Crippen molar-refractivity contribution in [3.05, 3.63) is 47.5 Å². The summed E-state index contributed by atoms with van der Waals surface area (Å²) >= 11 is 0. The minimum Gasteiger partial charge on any atom is -0.295 e. The van der Waals surface area contributed by atoms with Crippen molar-refractivity contribution in [2.24, 2.45) is 0 Å². The average molecular weight is 254 g/mol. The molecule has 1 nitrogen and oxygen atoms in total. The largest absolute Gasteiger partial charge is 0.416 e. The number of hydrogen-bond acceptors (Lipinski definition) is 1. The van der Waals surface area contributed by atoms with E-state index in [2.05, 4.69) is 0 Å². The van der Waals surface area contributed by atoms with Crippen LogP contribution in [0.4, 0.5) is 13.2 Å². The Bertz CT molecular complexity index is 485. The van der Waals surface area contributed by atoms with Gasteiger partial charge in [-0.2, -0.15) is 13.2 Å². The standard InChI is InChI=1S/C14H13F3O/c1-13(8-6-12(18)7-9-13)10-2-4-11(5-3-10)14(15,16)17/h2-6,8H,7,9H2,1H3/t13-/m1/s1. The van der Waals surface area contributed by atoms with Gasteiger partial charge in [-0.25, -0.2) is 0 Å². The topological polar surface area (TPSA) is 17.1 Å². The lowest BCUT2D eigenvalue weighted by Crippen LogP contribution is -2.24. The molecule has 0 spiro atoms. The highest BCUT2D eigenvalue weighted by atomic mass is 19.4. The third-order valence-corrected chi connectivity index (χ3v) is 3.40. The molecule has 1 aliphatic carbocycles. The molecule has 1 aromatic rings. The predicted octanol–water partition coefficient (Wildman–Crippen LogP) is 3.88. The van der Waals surface area contributed by atoms with Gasteiger partial charge in [-0.3, -0.25) is 4.79 Å². The molecule has 2 rings (SSSR count). The molecule has 18 heavy (non-hydrogen) atoms. The van der Waals surface area contributed by atoms with Crippen molar-refractivity contribution in [3.63, 3.8) is 0 Å². The molecular formula is C14H13F3O. The molecule has 0 unspecified atom stereocenters. The van der Waals surface area contributed by atoms with E-state index < -0.39 is 11.7 Å². The number of hydrogen-bond donors (Lipinski definition) is 0. The van der Waals surface area contributed by atoms with Crippen LogP contribution in [-0.2, 0) is 16.4 Å². The van der Waals surface area contributed by atoms with Gasteiger partial charge in [0.2, 0.25) is 0 Å². The van der Waals surface area contributed by atoms with Crippen molar-refractivity contribution < 1.29 is 18.0 Å². The molecule has 0 bridgehead atoms. The van der Waals surface area contributed by atoms with Crippen LogP contribution in [0.2, 0.25) is 0 Å². The molecule has 1 atom stereocenters. The lowest BCUT2D eigenvalue weighted by Gasteiger charge is -2.29. The number of alkyl halides is 3. The quantitative estimate of drug-likeness (QED) is 0.743. The van der Waals surface area contributed by atoms with E-state index in [1.807, 2.05) is 6.92 Å². The van der Waals surface area contributed by atoms with Crippen LogP contribution < -0.4 is 0 Å². The molecule has 0 fully saturated rings. The van der Waals surface area contributed by atoms with Gasteiger partial charge in [0.25, 0.3) is 0 Å². The first kappa shape index (κ1) is 12.9. The van der Waals surface area contributed by atoms with Gasteiger partial charge in [0, 0.05) is 11.8 Å². The summed E-state index contributed by atoms with van der Waals surface area (Å²) in [4.78, 5) is 11.1. The zero-order valence-corrected chi connectivity index (χ0v) is 9.92. The fraction of sp³-hybridized carbons (Fsp3) is 0.357. The van der Waals surface area contributed by atoms with E-state index in [0.717, 1.165) is 17.7 Å². The zero-order chi connectivity index (χ0) is 13.4. The Morgan fingerprint density at radius 2 is 1.78 bits per heavy atom. The van der Waals surface area contributed by atoms with E-state index in [0.29, 0.717) is 12.8 Å². The molecule has 96 valence electrons. The molecule has 0 aliphatic heterocycles. The second-order valence-corrected chi connectivity index (χ2v) is 4.79. The van der Waals surface area contributed by atoms with Crippen LogP contribution in [0.25, 0.3) is 0 Å². The molecule has 4 heteroatoms. The predicted molar refractivity (Wildman–Crippen MR) is 62.2 cm³/mol. The minimum atomic E-state index is -4.31. The minimum absolute atomic E-state index is 0.0689. The van der Waals surface area contributed by atoms with Crippen LogP contribution in [0.15, 0.2) is 36.4 Å². The van der Waals surface area contributed by atoms with Gasteiger partial charge < -0.3 is 0 Å². The third-order valence-electron chi connectivity index (χ3n) is 3.40. The van der Waals surface area contributed by atoms with E-state index in [1.54, 1.807) is 6.08 Å². The Morgan fingerprint density at radius 1 is 1.17 bits per heavy atom. The zero-order valence-electron chi connectivity index (χ0n) is 9.92. The van der Waals surface area contributed by atoms with Crippen molar-refractivity contribution >= 4 is 5.78 Å². The van der Waals surface area contributed by atoms with Gasteiger partial charge in [0.1, 0.15) is 0 Å². The number of rotatable bonds is 1. The van der Waals surface area contributed by atoms with Crippen molar-refractivity contribution in [2.75, 3.05) is 0 Å². The molecule has 0 N–H and O–H groups in total.